The van der Waals surface area contributed by atoms with Crippen molar-refractivity contribution < 1.29 is 9.90 Å². The summed E-state index contributed by atoms with van der Waals surface area (Å²) in [5.74, 6) is 0.122. The molecule has 1 aromatic rings. The molecule has 1 N–H and O–H groups in total. The summed E-state index contributed by atoms with van der Waals surface area (Å²) >= 11 is 3.39. The van der Waals surface area contributed by atoms with Crippen LogP contribution in [0.25, 0.3) is 0 Å². The van der Waals surface area contributed by atoms with Crippen LogP contribution < -0.4 is 4.90 Å². The Labute approximate surface area is 96.8 Å². The van der Waals surface area contributed by atoms with Gasteiger partial charge in [-0.2, -0.15) is 0 Å². The monoisotopic (exact) mass is 269 g/mol. The zero-order valence-corrected chi connectivity index (χ0v) is 9.83. The number of rotatable bonds is 3. The largest absolute Gasteiger partial charge is 0.396 e. The lowest BCUT2D eigenvalue weighted by molar-refractivity contribution is -0.117. The molecule has 0 fully saturated rings. The number of halogens is 1. The van der Waals surface area contributed by atoms with Crippen LogP contribution in [-0.2, 0) is 11.2 Å². The van der Waals surface area contributed by atoms with Crippen molar-refractivity contribution in [2.45, 2.75) is 12.8 Å². The third kappa shape index (κ3) is 2.06. The van der Waals surface area contributed by atoms with Gasteiger partial charge in [-0.1, -0.05) is 22.0 Å². The molecule has 0 spiro atoms. The molecule has 0 aliphatic carbocycles. The van der Waals surface area contributed by atoms with Crippen LogP contribution in [0.5, 0.6) is 0 Å². The van der Waals surface area contributed by atoms with Gasteiger partial charge in [0.15, 0.2) is 0 Å². The quantitative estimate of drug-likeness (QED) is 0.908. The maximum Gasteiger partial charge on any atom is 0.231 e. The van der Waals surface area contributed by atoms with Crippen molar-refractivity contribution in [2.24, 2.45) is 0 Å². The molecule has 4 heteroatoms. The molecule has 0 atom stereocenters. The first-order valence-electron chi connectivity index (χ1n) is 4.92. The highest BCUT2D eigenvalue weighted by molar-refractivity contribution is 9.10. The SMILES string of the molecule is O=C1Cc2ccc(Br)cc2N1CCCO. The molecule has 3 nitrogen and oxygen atoms in total. The van der Waals surface area contributed by atoms with Gasteiger partial charge in [-0.25, -0.2) is 0 Å². The molecule has 1 heterocycles. The predicted octanol–water partition coefficient (Wildman–Crippen LogP) is 1.72. The number of carbonyl (C=O) groups excluding carboxylic acids is 1. The van der Waals surface area contributed by atoms with Gasteiger partial charge in [0.25, 0.3) is 0 Å². The van der Waals surface area contributed by atoms with Gasteiger partial charge >= 0.3 is 0 Å². The number of amides is 1. The molecule has 15 heavy (non-hydrogen) atoms. The van der Waals surface area contributed by atoms with Crippen LogP contribution >= 0.6 is 15.9 Å². The minimum atomic E-state index is 0.118. The van der Waals surface area contributed by atoms with Crippen molar-refractivity contribution in [1.29, 1.82) is 0 Å². The second-order valence-electron chi connectivity index (χ2n) is 3.57. The number of hydrogen-bond donors (Lipinski definition) is 1. The van der Waals surface area contributed by atoms with Crippen molar-refractivity contribution in [1.82, 2.24) is 0 Å². The van der Waals surface area contributed by atoms with Crippen molar-refractivity contribution in [3.8, 4) is 0 Å². The number of aliphatic hydroxyl groups is 1. The van der Waals surface area contributed by atoms with E-state index in [0.717, 1.165) is 15.7 Å². The fourth-order valence-corrected chi connectivity index (χ4v) is 2.15. The summed E-state index contributed by atoms with van der Waals surface area (Å²) in [6.45, 7) is 0.714. The first-order valence-corrected chi connectivity index (χ1v) is 5.71. The molecule has 0 saturated carbocycles. The van der Waals surface area contributed by atoms with E-state index >= 15 is 0 Å². The van der Waals surface area contributed by atoms with Gasteiger partial charge < -0.3 is 10.0 Å². The topological polar surface area (TPSA) is 40.5 Å². The summed E-state index contributed by atoms with van der Waals surface area (Å²) < 4.78 is 0.977. The Morgan fingerprint density at radius 1 is 1.47 bits per heavy atom. The Hall–Kier alpha value is -0.870. The average molecular weight is 270 g/mol. The van der Waals surface area contributed by atoms with Crippen LogP contribution in [0.15, 0.2) is 22.7 Å². The summed E-state index contributed by atoms with van der Waals surface area (Å²) in [5.41, 5.74) is 2.05. The smallest absolute Gasteiger partial charge is 0.231 e. The molecule has 0 radical (unpaired) electrons. The van der Waals surface area contributed by atoms with E-state index in [9.17, 15) is 4.79 Å². The first-order chi connectivity index (χ1) is 7.22. The molecular weight excluding hydrogens is 258 g/mol. The normalized spacial score (nSPS) is 14.5. The van der Waals surface area contributed by atoms with Gasteiger partial charge in [0.1, 0.15) is 0 Å². The number of anilines is 1. The van der Waals surface area contributed by atoms with Crippen LogP contribution in [0, 0.1) is 0 Å². The zero-order valence-electron chi connectivity index (χ0n) is 8.24. The summed E-state index contributed by atoms with van der Waals surface area (Å²) in [6.07, 6.45) is 1.10. The van der Waals surface area contributed by atoms with Gasteiger partial charge in [-0.05, 0) is 24.1 Å². The van der Waals surface area contributed by atoms with Gasteiger partial charge in [0.2, 0.25) is 5.91 Å². The third-order valence-corrected chi connectivity index (χ3v) is 3.01. The standard InChI is InChI=1S/C11H12BrNO2/c12-9-3-2-8-6-11(15)13(4-1-5-14)10(8)7-9/h2-3,7,14H,1,4-6H2. The Morgan fingerprint density at radius 3 is 3.00 bits per heavy atom. The summed E-state index contributed by atoms with van der Waals surface area (Å²) in [5, 5.41) is 8.77. The predicted molar refractivity (Wildman–Crippen MR) is 61.9 cm³/mol. The van der Waals surface area contributed by atoms with Gasteiger partial charge in [-0.3, -0.25) is 4.79 Å². The highest BCUT2D eigenvalue weighted by atomic mass is 79.9. The van der Waals surface area contributed by atoms with Gasteiger partial charge in [0, 0.05) is 23.3 Å². The molecule has 0 unspecified atom stereocenters. The van der Waals surface area contributed by atoms with E-state index in [-0.39, 0.29) is 12.5 Å². The fourth-order valence-electron chi connectivity index (χ4n) is 1.80. The van der Waals surface area contributed by atoms with Crippen molar-refractivity contribution in [3.05, 3.63) is 28.2 Å². The van der Waals surface area contributed by atoms with E-state index < -0.39 is 0 Å². The highest BCUT2D eigenvalue weighted by Crippen LogP contribution is 2.31. The molecule has 1 amide bonds. The number of benzene rings is 1. The van der Waals surface area contributed by atoms with Crippen LogP contribution in [0.4, 0.5) is 5.69 Å². The van der Waals surface area contributed by atoms with Crippen LogP contribution in [0.3, 0.4) is 0 Å². The Balaban J connectivity index is 2.27. The third-order valence-electron chi connectivity index (χ3n) is 2.52. The number of nitrogens with zero attached hydrogens (tertiary/aromatic N) is 1. The van der Waals surface area contributed by atoms with E-state index in [1.54, 1.807) is 4.90 Å². The highest BCUT2D eigenvalue weighted by Gasteiger charge is 2.26. The molecule has 0 bridgehead atoms. The lowest BCUT2D eigenvalue weighted by atomic mass is 10.2. The minimum Gasteiger partial charge on any atom is -0.396 e. The van der Waals surface area contributed by atoms with Crippen molar-refractivity contribution in [3.63, 3.8) is 0 Å². The number of fused-ring (bicyclic) bond motifs is 1. The van der Waals surface area contributed by atoms with E-state index in [2.05, 4.69) is 15.9 Å². The summed E-state index contributed by atoms with van der Waals surface area (Å²) in [7, 11) is 0. The molecule has 2 rings (SSSR count). The minimum absolute atomic E-state index is 0.118. The number of hydrogen-bond acceptors (Lipinski definition) is 2. The Morgan fingerprint density at radius 2 is 2.27 bits per heavy atom. The Kier molecular flexibility index (Phi) is 3.07. The molecular formula is C11H12BrNO2. The summed E-state index contributed by atoms with van der Waals surface area (Å²) in [4.78, 5) is 13.4. The second kappa shape index (κ2) is 4.33. The molecule has 80 valence electrons. The zero-order chi connectivity index (χ0) is 10.8. The fraction of sp³-hybridized carbons (Fsp3) is 0.364. The maximum absolute atomic E-state index is 11.7. The number of aliphatic hydroxyl groups excluding tert-OH is 1. The Bertz CT molecular complexity index is 392. The van der Waals surface area contributed by atoms with Crippen molar-refractivity contribution >= 4 is 27.5 Å². The molecule has 0 saturated heterocycles. The molecule has 0 aromatic heterocycles. The van der Waals surface area contributed by atoms with Crippen LogP contribution in [-0.4, -0.2) is 24.2 Å². The second-order valence-corrected chi connectivity index (χ2v) is 4.49. The van der Waals surface area contributed by atoms with E-state index in [1.807, 2.05) is 18.2 Å². The van der Waals surface area contributed by atoms with Gasteiger partial charge in [0.05, 0.1) is 6.42 Å². The molecule has 1 aromatic carbocycles. The van der Waals surface area contributed by atoms with E-state index in [4.69, 9.17) is 5.11 Å². The van der Waals surface area contributed by atoms with Crippen molar-refractivity contribution in [2.75, 3.05) is 18.1 Å². The van der Waals surface area contributed by atoms with E-state index in [0.29, 0.717) is 19.4 Å². The maximum atomic E-state index is 11.7. The summed E-state index contributed by atoms with van der Waals surface area (Å²) in [6, 6.07) is 5.87. The average Bonchev–Trinajstić information content (AvgIpc) is 2.51. The van der Waals surface area contributed by atoms with Crippen LogP contribution in [0.1, 0.15) is 12.0 Å². The van der Waals surface area contributed by atoms with Crippen LogP contribution in [0.2, 0.25) is 0 Å². The molecule has 1 aliphatic heterocycles. The van der Waals surface area contributed by atoms with Gasteiger partial charge in [-0.15, -0.1) is 0 Å². The first kappa shape index (κ1) is 10.6. The number of carbonyl (C=O) groups is 1. The molecule has 1 aliphatic rings. The lowest BCUT2D eigenvalue weighted by Gasteiger charge is -2.16. The van der Waals surface area contributed by atoms with E-state index in [1.165, 1.54) is 0 Å². The lowest BCUT2D eigenvalue weighted by Crippen LogP contribution is -2.28.